The van der Waals surface area contributed by atoms with Crippen LogP contribution in [0.15, 0.2) is 18.2 Å². The normalized spacial score (nSPS) is 12.3. The van der Waals surface area contributed by atoms with E-state index in [0.29, 0.717) is 21.4 Å². The van der Waals surface area contributed by atoms with Crippen LogP contribution in [0, 0.1) is 0 Å². The molecule has 0 saturated heterocycles. The molecule has 0 spiro atoms. The molecular weight excluding hydrogens is 253 g/mol. The van der Waals surface area contributed by atoms with Crippen LogP contribution in [0.3, 0.4) is 0 Å². The van der Waals surface area contributed by atoms with Gasteiger partial charge in [0.2, 0.25) is 0 Å². The van der Waals surface area contributed by atoms with E-state index in [1.165, 1.54) is 0 Å². The van der Waals surface area contributed by atoms with Gasteiger partial charge in [-0.05, 0) is 19.1 Å². The van der Waals surface area contributed by atoms with Crippen molar-refractivity contribution in [3.8, 4) is 0 Å². The molecule has 0 heterocycles. The molecule has 1 N–H and O–H groups in total. The quantitative estimate of drug-likeness (QED) is 0.807. The fourth-order valence-electron chi connectivity index (χ4n) is 1.06. The zero-order chi connectivity index (χ0) is 11.4. The molecule has 0 aliphatic carbocycles. The van der Waals surface area contributed by atoms with Crippen molar-refractivity contribution in [1.82, 2.24) is 5.32 Å². The highest BCUT2D eigenvalue weighted by Crippen LogP contribution is 2.23. The maximum Gasteiger partial charge on any atom is 0.254 e. The Morgan fingerprint density at radius 3 is 2.47 bits per heavy atom. The monoisotopic (exact) mass is 263 g/mol. The zero-order valence-corrected chi connectivity index (χ0v) is 10.5. The molecule has 1 atom stereocenters. The van der Waals surface area contributed by atoms with Crippen LogP contribution in [0.1, 0.15) is 17.3 Å². The molecule has 1 aromatic carbocycles. The predicted octanol–water partition coefficient (Wildman–Crippen LogP) is 3.04. The van der Waals surface area contributed by atoms with E-state index >= 15 is 0 Å². The summed E-state index contributed by atoms with van der Waals surface area (Å²) in [6.07, 6.45) is 0. The molecular formula is C10H11Cl2NOS. The van der Waals surface area contributed by atoms with Gasteiger partial charge in [-0.3, -0.25) is 4.79 Å². The number of thiol groups is 1. The van der Waals surface area contributed by atoms with Gasteiger partial charge in [-0.1, -0.05) is 29.3 Å². The third kappa shape index (κ3) is 3.30. The zero-order valence-electron chi connectivity index (χ0n) is 8.13. The van der Waals surface area contributed by atoms with Crippen molar-refractivity contribution < 1.29 is 4.79 Å². The van der Waals surface area contributed by atoms with Gasteiger partial charge in [-0.25, -0.2) is 0 Å². The Labute approximate surface area is 104 Å². The first-order chi connectivity index (χ1) is 7.06. The summed E-state index contributed by atoms with van der Waals surface area (Å²) in [5.74, 6) is 0.292. The first kappa shape index (κ1) is 12.7. The van der Waals surface area contributed by atoms with Gasteiger partial charge in [0, 0.05) is 11.8 Å². The lowest BCUT2D eigenvalue weighted by Crippen LogP contribution is -2.34. The maximum absolute atomic E-state index is 11.7. The Kier molecular flexibility index (Phi) is 4.77. The first-order valence-electron chi connectivity index (χ1n) is 4.42. The second-order valence-corrected chi connectivity index (χ2v) is 4.33. The van der Waals surface area contributed by atoms with Crippen molar-refractivity contribution in [2.75, 3.05) is 5.75 Å². The minimum atomic E-state index is -0.271. The van der Waals surface area contributed by atoms with E-state index in [9.17, 15) is 4.79 Å². The van der Waals surface area contributed by atoms with E-state index in [4.69, 9.17) is 23.2 Å². The summed E-state index contributed by atoms with van der Waals surface area (Å²) < 4.78 is 0. The van der Waals surface area contributed by atoms with Crippen molar-refractivity contribution in [3.05, 3.63) is 33.8 Å². The van der Waals surface area contributed by atoms with Crippen molar-refractivity contribution in [2.24, 2.45) is 0 Å². The SMILES string of the molecule is CC(CS)NC(=O)c1c(Cl)cccc1Cl. The van der Waals surface area contributed by atoms with E-state index in [0.717, 1.165) is 0 Å². The summed E-state index contributed by atoms with van der Waals surface area (Å²) in [6.45, 7) is 1.86. The molecule has 0 fully saturated rings. The van der Waals surface area contributed by atoms with Crippen LogP contribution < -0.4 is 5.32 Å². The van der Waals surface area contributed by atoms with Gasteiger partial charge in [-0.2, -0.15) is 12.6 Å². The summed E-state index contributed by atoms with van der Waals surface area (Å²) in [5.41, 5.74) is 0.314. The molecule has 0 aromatic heterocycles. The molecule has 1 unspecified atom stereocenters. The number of carbonyl (C=O) groups is 1. The Morgan fingerprint density at radius 2 is 2.00 bits per heavy atom. The smallest absolute Gasteiger partial charge is 0.254 e. The molecule has 0 aliphatic rings. The summed E-state index contributed by atoms with van der Waals surface area (Å²) in [7, 11) is 0. The number of carbonyl (C=O) groups excluding carboxylic acids is 1. The summed E-state index contributed by atoms with van der Waals surface area (Å²) >= 11 is 15.8. The lowest BCUT2D eigenvalue weighted by Gasteiger charge is -2.12. The fourth-order valence-corrected chi connectivity index (χ4v) is 1.72. The third-order valence-corrected chi connectivity index (χ3v) is 3.02. The minimum Gasteiger partial charge on any atom is -0.349 e. The van der Waals surface area contributed by atoms with Gasteiger partial charge in [0.1, 0.15) is 0 Å². The predicted molar refractivity (Wildman–Crippen MR) is 67.2 cm³/mol. The van der Waals surface area contributed by atoms with E-state index < -0.39 is 0 Å². The molecule has 15 heavy (non-hydrogen) atoms. The molecule has 5 heteroatoms. The van der Waals surface area contributed by atoms with Gasteiger partial charge in [0.25, 0.3) is 5.91 Å². The van der Waals surface area contributed by atoms with Gasteiger partial charge < -0.3 is 5.32 Å². The maximum atomic E-state index is 11.7. The van der Waals surface area contributed by atoms with Crippen LogP contribution >= 0.6 is 35.8 Å². The summed E-state index contributed by atoms with van der Waals surface area (Å²) in [6, 6.07) is 4.94. The highest BCUT2D eigenvalue weighted by atomic mass is 35.5. The van der Waals surface area contributed by atoms with Crippen molar-refractivity contribution in [1.29, 1.82) is 0 Å². The summed E-state index contributed by atoms with van der Waals surface area (Å²) in [4.78, 5) is 11.7. The van der Waals surface area contributed by atoms with Crippen molar-refractivity contribution in [3.63, 3.8) is 0 Å². The summed E-state index contributed by atoms with van der Waals surface area (Å²) in [5, 5.41) is 3.45. The molecule has 0 bridgehead atoms. The lowest BCUT2D eigenvalue weighted by atomic mass is 10.2. The van der Waals surface area contributed by atoms with Crippen molar-refractivity contribution >= 4 is 41.7 Å². The van der Waals surface area contributed by atoms with Crippen molar-refractivity contribution in [2.45, 2.75) is 13.0 Å². The van der Waals surface area contributed by atoms with E-state index in [1.54, 1.807) is 18.2 Å². The number of hydrogen-bond acceptors (Lipinski definition) is 2. The van der Waals surface area contributed by atoms with E-state index in [1.807, 2.05) is 6.92 Å². The van der Waals surface area contributed by atoms with Gasteiger partial charge in [0.15, 0.2) is 0 Å². The lowest BCUT2D eigenvalue weighted by molar-refractivity contribution is 0.0944. The van der Waals surface area contributed by atoms with Crippen LogP contribution in [-0.2, 0) is 0 Å². The Morgan fingerprint density at radius 1 is 1.47 bits per heavy atom. The highest BCUT2D eigenvalue weighted by Gasteiger charge is 2.15. The average molecular weight is 264 g/mol. The second-order valence-electron chi connectivity index (χ2n) is 3.15. The number of benzene rings is 1. The second kappa shape index (κ2) is 5.64. The van der Waals surface area contributed by atoms with Gasteiger partial charge >= 0.3 is 0 Å². The molecule has 1 aromatic rings. The van der Waals surface area contributed by atoms with Crippen LogP contribution in [0.2, 0.25) is 10.0 Å². The fraction of sp³-hybridized carbons (Fsp3) is 0.300. The molecule has 0 aliphatic heterocycles. The number of halogens is 2. The van der Waals surface area contributed by atoms with Crippen LogP contribution in [0.4, 0.5) is 0 Å². The van der Waals surface area contributed by atoms with E-state index in [-0.39, 0.29) is 11.9 Å². The molecule has 0 radical (unpaired) electrons. The van der Waals surface area contributed by atoms with Crippen LogP contribution in [0.25, 0.3) is 0 Å². The standard InChI is InChI=1S/C10H11Cl2NOS/c1-6(5-15)13-10(14)9-7(11)3-2-4-8(9)12/h2-4,6,15H,5H2,1H3,(H,13,14). The molecule has 1 rings (SSSR count). The Hall–Kier alpha value is -0.380. The molecule has 2 nitrogen and oxygen atoms in total. The first-order valence-corrected chi connectivity index (χ1v) is 5.80. The number of amides is 1. The van der Waals surface area contributed by atoms with Gasteiger partial charge in [0.05, 0.1) is 15.6 Å². The number of nitrogens with one attached hydrogen (secondary N) is 1. The Bertz CT molecular complexity index is 350. The third-order valence-electron chi connectivity index (χ3n) is 1.84. The molecule has 1 amide bonds. The Balaban J connectivity index is 2.91. The van der Waals surface area contributed by atoms with Crippen LogP contribution in [0.5, 0.6) is 0 Å². The highest BCUT2D eigenvalue weighted by molar-refractivity contribution is 7.80. The van der Waals surface area contributed by atoms with Crippen LogP contribution in [-0.4, -0.2) is 17.7 Å². The van der Waals surface area contributed by atoms with Gasteiger partial charge in [-0.15, -0.1) is 0 Å². The minimum absolute atomic E-state index is 0.0202. The molecule has 82 valence electrons. The number of rotatable bonds is 3. The number of hydrogen-bond donors (Lipinski definition) is 2. The largest absolute Gasteiger partial charge is 0.349 e. The van der Waals surface area contributed by atoms with E-state index in [2.05, 4.69) is 17.9 Å². The topological polar surface area (TPSA) is 29.1 Å². The molecule has 0 saturated carbocycles. The average Bonchev–Trinajstić information content (AvgIpc) is 2.17.